The van der Waals surface area contributed by atoms with Crippen LogP contribution in [0.5, 0.6) is 0 Å². The molecule has 42 heavy (non-hydrogen) atoms. The minimum atomic E-state index is -0.510. The molecule has 0 radical (unpaired) electrons. The molecule has 2 heterocycles. The third kappa shape index (κ3) is 7.21. The van der Waals surface area contributed by atoms with Gasteiger partial charge in [0.1, 0.15) is 6.61 Å². The van der Waals surface area contributed by atoms with Crippen molar-refractivity contribution in [1.29, 1.82) is 0 Å². The number of likely N-dealkylation sites (tertiary alicyclic amines) is 1. The lowest BCUT2D eigenvalue weighted by atomic mass is 9.84. The minimum absolute atomic E-state index is 0.0570. The number of rotatable bonds is 11. The Bertz CT molecular complexity index is 1210. The van der Waals surface area contributed by atoms with Gasteiger partial charge in [0.15, 0.2) is 0 Å². The minimum Gasteiger partial charge on any atom is -0.445 e. The average Bonchev–Trinajstić information content (AvgIpc) is 3.46. The Morgan fingerprint density at radius 2 is 1.48 bits per heavy atom. The third-order valence-electron chi connectivity index (χ3n) is 7.50. The number of amides is 2. The Morgan fingerprint density at radius 1 is 0.929 bits per heavy atom. The highest BCUT2D eigenvalue weighted by Gasteiger charge is 2.44. The van der Waals surface area contributed by atoms with Crippen LogP contribution in [0, 0.1) is 0 Å². The number of nitrogens with zero attached hydrogens (tertiary/aromatic N) is 2. The molecule has 9 heteroatoms. The van der Waals surface area contributed by atoms with E-state index in [1.165, 1.54) is 16.7 Å². The molecule has 0 saturated carbocycles. The van der Waals surface area contributed by atoms with E-state index in [9.17, 15) is 9.59 Å². The van der Waals surface area contributed by atoms with E-state index >= 15 is 0 Å². The highest BCUT2D eigenvalue weighted by molar-refractivity contribution is 8.01. The predicted molar refractivity (Wildman–Crippen MR) is 172 cm³/mol. The number of benzene rings is 3. The van der Waals surface area contributed by atoms with Gasteiger partial charge in [-0.2, -0.15) is 11.8 Å². The lowest BCUT2D eigenvalue weighted by Gasteiger charge is -2.37. The molecule has 2 aliphatic rings. The van der Waals surface area contributed by atoms with Gasteiger partial charge in [-0.3, -0.25) is 20.4 Å². The van der Waals surface area contributed by atoms with Crippen LogP contribution in [0.25, 0.3) is 0 Å². The number of hydrazine groups is 1. The molecule has 0 spiro atoms. The number of nitrogens with one attached hydrogen (secondary N) is 2. The quantitative estimate of drug-likeness (QED) is 0.234. The first-order chi connectivity index (χ1) is 20.6. The third-order valence-corrected chi connectivity index (χ3v) is 10.2. The first-order valence-corrected chi connectivity index (χ1v) is 16.4. The molecule has 2 unspecified atom stereocenters. The zero-order valence-corrected chi connectivity index (χ0v) is 25.3. The highest BCUT2D eigenvalue weighted by Crippen LogP contribution is 2.52. The summed E-state index contributed by atoms with van der Waals surface area (Å²) < 4.78 is 4.96. The van der Waals surface area contributed by atoms with E-state index in [0.717, 1.165) is 24.6 Å². The molecule has 220 valence electrons. The summed E-state index contributed by atoms with van der Waals surface area (Å²) >= 11 is 3.74. The maximum atomic E-state index is 13.2. The van der Waals surface area contributed by atoms with Crippen molar-refractivity contribution in [3.8, 4) is 0 Å². The monoisotopic (exact) mass is 602 g/mol. The van der Waals surface area contributed by atoms with Gasteiger partial charge >= 0.3 is 6.09 Å². The number of carbonyl (C=O) groups is 2. The zero-order valence-electron chi connectivity index (χ0n) is 23.7. The molecule has 0 bridgehead atoms. The number of hydrogen-bond donors (Lipinski definition) is 2. The summed E-state index contributed by atoms with van der Waals surface area (Å²) in [6.07, 6.45) is 1.48. The standard InChI is InChI=1S/C33H38N4O3S2/c1-2-20-40-32(39)37-25-29(23-30(37)34-24-31(38)35-36-18-21-41-22-19-36)42-33(26-12-6-3-7-13-26,27-14-8-4-9-15-27)28-16-10-5-11-17-28/h2-17,29-30,34H,1,18-25H2,(H,35,38). The molecule has 2 amide bonds. The van der Waals surface area contributed by atoms with Gasteiger partial charge in [-0.25, -0.2) is 9.80 Å². The first-order valence-electron chi connectivity index (χ1n) is 14.3. The van der Waals surface area contributed by atoms with Gasteiger partial charge in [0.25, 0.3) is 0 Å². The molecular weight excluding hydrogens is 565 g/mol. The van der Waals surface area contributed by atoms with Gasteiger partial charge in [0.2, 0.25) is 5.91 Å². The second kappa shape index (κ2) is 14.8. The van der Waals surface area contributed by atoms with E-state index in [1.807, 2.05) is 46.7 Å². The van der Waals surface area contributed by atoms with Crippen LogP contribution < -0.4 is 10.7 Å². The van der Waals surface area contributed by atoms with E-state index < -0.39 is 10.8 Å². The van der Waals surface area contributed by atoms with Crippen LogP contribution in [0.2, 0.25) is 0 Å². The van der Waals surface area contributed by atoms with Gasteiger partial charge in [-0.1, -0.05) is 104 Å². The summed E-state index contributed by atoms with van der Waals surface area (Å²) in [7, 11) is 0. The van der Waals surface area contributed by atoms with Crippen LogP contribution in [-0.4, -0.2) is 77.6 Å². The fourth-order valence-corrected chi connectivity index (χ4v) is 8.30. The second-order valence-electron chi connectivity index (χ2n) is 10.3. The van der Waals surface area contributed by atoms with Crippen molar-refractivity contribution < 1.29 is 14.3 Å². The molecule has 3 aromatic carbocycles. The molecule has 3 aromatic rings. The Hall–Kier alpha value is -3.24. The first kappa shape index (κ1) is 30.2. The Morgan fingerprint density at radius 3 is 2.00 bits per heavy atom. The van der Waals surface area contributed by atoms with E-state index in [4.69, 9.17) is 4.74 Å². The van der Waals surface area contributed by atoms with Crippen molar-refractivity contribution in [3.05, 3.63) is 120 Å². The fourth-order valence-electron chi connectivity index (χ4n) is 5.57. The van der Waals surface area contributed by atoms with E-state index in [2.05, 4.69) is 90.1 Å². The maximum Gasteiger partial charge on any atom is 0.411 e. The number of carbonyl (C=O) groups excluding carboxylic acids is 2. The predicted octanol–water partition coefficient (Wildman–Crippen LogP) is 5.10. The fraction of sp³-hybridized carbons (Fsp3) is 0.333. The van der Waals surface area contributed by atoms with Crippen LogP contribution in [-0.2, 0) is 14.3 Å². The van der Waals surface area contributed by atoms with E-state index in [-0.39, 0.29) is 30.5 Å². The van der Waals surface area contributed by atoms with Gasteiger partial charge < -0.3 is 4.74 Å². The summed E-state index contributed by atoms with van der Waals surface area (Å²) in [6.45, 7) is 6.07. The topological polar surface area (TPSA) is 73.9 Å². The van der Waals surface area contributed by atoms with Crippen molar-refractivity contribution in [3.63, 3.8) is 0 Å². The largest absolute Gasteiger partial charge is 0.445 e. The Labute approximate surface area is 257 Å². The van der Waals surface area contributed by atoms with Gasteiger partial charge in [-0.15, -0.1) is 11.8 Å². The summed E-state index contributed by atoms with van der Waals surface area (Å²) in [5.41, 5.74) is 6.51. The molecule has 5 rings (SSSR count). The van der Waals surface area contributed by atoms with Crippen molar-refractivity contribution in [1.82, 2.24) is 20.7 Å². The lowest BCUT2D eigenvalue weighted by molar-refractivity contribution is -0.125. The van der Waals surface area contributed by atoms with Gasteiger partial charge in [0, 0.05) is 36.4 Å². The molecule has 7 nitrogen and oxygen atoms in total. The molecule has 2 atom stereocenters. The molecule has 0 aliphatic carbocycles. The smallest absolute Gasteiger partial charge is 0.411 e. The van der Waals surface area contributed by atoms with Crippen molar-refractivity contribution in [2.24, 2.45) is 0 Å². The van der Waals surface area contributed by atoms with Crippen molar-refractivity contribution >= 4 is 35.5 Å². The van der Waals surface area contributed by atoms with Crippen LogP contribution in [0.1, 0.15) is 23.1 Å². The number of ether oxygens (including phenoxy) is 1. The molecule has 2 saturated heterocycles. The Kier molecular flexibility index (Phi) is 10.6. The molecule has 2 fully saturated rings. The van der Waals surface area contributed by atoms with E-state index in [0.29, 0.717) is 13.0 Å². The second-order valence-corrected chi connectivity index (χ2v) is 13.0. The summed E-state index contributed by atoms with van der Waals surface area (Å²) in [4.78, 5) is 27.7. The highest BCUT2D eigenvalue weighted by atomic mass is 32.2. The number of hydrogen-bond acceptors (Lipinski definition) is 7. The van der Waals surface area contributed by atoms with Crippen LogP contribution in [0.15, 0.2) is 104 Å². The lowest BCUT2D eigenvalue weighted by Crippen LogP contribution is -2.52. The molecule has 2 aliphatic heterocycles. The zero-order chi connectivity index (χ0) is 29.2. The molecule has 0 aromatic heterocycles. The van der Waals surface area contributed by atoms with Crippen molar-refractivity contribution in [2.75, 3.05) is 44.3 Å². The summed E-state index contributed by atoms with van der Waals surface area (Å²) in [5.74, 6) is 1.90. The average molecular weight is 603 g/mol. The Balaban J connectivity index is 1.42. The van der Waals surface area contributed by atoms with Crippen molar-refractivity contribution in [2.45, 2.75) is 22.6 Å². The summed E-state index contributed by atoms with van der Waals surface area (Å²) in [5, 5.41) is 5.38. The maximum absolute atomic E-state index is 13.2. The molecule has 2 N–H and O–H groups in total. The van der Waals surface area contributed by atoms with Crippen LogP contribution in [0.3, 0.4) is 0 Å². The summed E-state index contributed by atoms with van der Waals surface area (Å²) in [6, 6.07) is 31.6. The van der Waals surface area contributed by atoms with Gasteiger partial charge in [0.05, 0.1) is 17.5 Å². The van der Waals surface area contributed by atoms with Crippen LogP contribution in [0.4, 0.5) is 4.79 Å². The van der Waals surface area contributed by atoms with Crippen LogP contribution >= 0.6 is 23.5 Å². The number of thioether (sulfide) groups is 2. The van der Waals surface area contributed by atoms with E-state index in [1.54, 1.807) is 11.0 Å². The SMILES string of the molecule is C=CCOC(=O)N1CC(SC(c2ccccc2)(c2ccccc2)c2ccccc2)CC1NCC(=O)NN1CCSCC1. The molecular formula is C33H38N4O3S2. The van der Waals surface area contributed by atoms with Gasteiger partial charge in [-0.05, 0) is 23.1 Å². The normalized spacial score (nSPS) is 19.3.